The van der Waals surface area contributed by atoms with Gasteiger partial charge in [-0.05, 0) is 67.8 Å². The molecule has 3 aromatic rings. The number of para-hydroxylation sites is 1. The van der Waals surface area contributed by atoms with Crippen molar-refractivity contribution in [1.82, 2.24) is 0 Å². The Morgan fingerprint density at radius 1 is 0.727 bits per heavy atom. The van der Waals surface area contributed by atoms with Crippen LogP contribution in [0.1, 0.15) is 27.0 Å². The first-order chi connectivity index (χ1) is 15.4. The number of carbonyl (C=O) groups is 1. The number of nitrogens with one attached hydrogen (secondary N) is 3. The SMILES string of the molecule is Cc1ccc(NC(=O)c2cc(S(=O)(=O)Nc3ccccc3C)ccc2C)cc1NS(C)(=O)=O. The molecule has 10 heteroatoms. The van der Waals surface area contributed by atoms with Gasteiger partial charge < -0.3 is 5.32 Å². The Balaban J connectivity index is 1.89. The van der Waals surface area contributed by atoms with Crippen molar-refractivity contribution in [2.75, 3.05) is 21.0 Å². The normalized spacial score (nSPS) is 11.6. The van der Waals surface area contributed by atoms with Crippen molar-refractivity contribution in [3.05, 3.63) is 82.9 Å². The van der Waals surface area contributed by atoms with Gasteiger partial charge in [0, 0.05) is 11.3 Å². The molecule has 0 aliphatic heterocycles. The molecule has 0 radical (unpaired) electrons. The van der Waals surface area contributed by atoms with E-state index in [0.29, 0.717) is 28.2 Å². The summed E-state index contributed by atoms with van der Waals surface area (Å²) in [6.07, 6.45) is 1.04. The summed E-state index contributed by atoms with van der Waals surface area (Å²) in [5.41, 5.74) is 3.38. The van der Waals surface area contributed by atoms with Crippen molar-refractivity contribution in [2.45, 2.75) is 25.7 Å². The summed E-state index contributed by atoms with van der Waals surface area (Å²) in [6.45, 7) is 5.23. The van der Waals surface area contributed by atoms with Crippen LogP contribution in [0.15, 0.2) is 65.6 Å². The number of hydrogen-bond donors (Lipinski definition) is 3. The standard InChI is InChI=1S/C23H25N3O5S2/c1-15-10-12-19(33(30,31)26-21-8-6-5-7-16(21)2)14-20(15)23(27)24-18-11-9-17(3)22(13-18)25-32(4,28)29/h5-14,25-26H,1-4H3,(H,24,27). The van der Waals surface area contributed by atoms with Crippen LogP contribution >= 0.6 is 0 Å². The predicted octanol–water partition coefficient (Wildman–Crippen LogP) is 4.04. The van der Waals surface area contributed by atoms with Gasteiger partial charge in [0.25, 0.3) is 15.9 Å². The highest BCUT2D eigenvalue weighted by atomic mass is 32.2. The summed E-state index contributed by atoms with van der Waals surface area (Å²) in [7, 11) is -7.41. The van der Waals surface area contributed by atoms with Gasteiger partial charge in [0.15, 0.2) is 0 Å². The third kappa shape index (κ3) is 6.11. The van der Waals surface area contributed by atoms with Gasteiger partial charge in [-0.2, -0.15) is 0 Å². The molecule has 3 aromatic carbocycles. The molecule has 33 heavy (non-hydrogen) atoms. The zero-order valence-electron chi connectivity index (χ0n) is 18.6. The predicted molar refractivity (Wildman–Crippen MR) is 131 cm³/mol. The summed E-state index contributed by atoms with van der Waals surface area (Å²) in [5, 5.41) is 2.70. The molecule has 0 aromatic heterocycles. The van der Waals surface area contributed by atoms with Crippen LogP contribution in [0, 0.1) is 20.8 Å². The first-order valence-electron chi connectivity index (χ1n) is 9.94. The number of rotatable bonds is 7. The molecule has 8 nitrogen and oxygen atoms in total. The average molecular weight is 488 g/mol. The van der Waals surface area contributed by atoms with Crippen LogP contribution < -0.4 is 14.8 Å². The number of aryl methyl sites for hydroxylation is 3. The molecule has 3 rings (SSSR count). The Hall–Kier alpha value is -3.37. The molecule has 174 valence electrons. The fourth-order valence-electron chi connectivity index (χ4n) is 3.11. The van der Waals surface area contributed by atoms with Gasteiger partial charge in [0.05, 0.1) is 22.5 Å². The lowest BCUT2D eigenvalue weighted by Crippen LogP contribution is -2.17. The lowest BCUT2D eigenvalue weighted by molar-refractivity contribution is 0.102. The van der Waals surface area contributed by atoms with Gasteiger partial charge in [-0.15, -0.1) is 0 Å². The van der Waals surface area contributed by atoms with Gasteiger partial charge in [0.2, 0.25) is 10.0 Å². The fraction of sp³-hybridized carbons (Fsp3) is 0.174. The smallest absolute Gasteiger partial charge is 0.261 e. The first-order valence-corrected chi connectivity index (χ1v) is 13.3. The Morgan fingerprint density at radius 3 is 2.03 bits per heavy atom. The van der Waals surface area contributed by atoms with E-state index in [1.54, 1.807) is 57.2 Å². The minimum atomic E-state index is -3.92. The van der Waals surface area contributed by atoms with Crippen molar-refractivity contribution >= 4 is 43.0 Å². The second-order valence-corrected chi connectivity index (χ2v) is 11.2. The van der Waals surface area contributed by atoms with E-state index in [2.05, 4.69) is 14.8 Å². The van der Waals surface area contributed by atoms with Gasteiger partial charge >= 0.3 is 0 Å². The highest BCUT2D eigenvalue weighted by Crippen LogP contribution is 2.24. The van der Waals surface area contributed by atoms with E-state index in [9.17, 15) is 21.6 Å². The molecule has 3 N–H and O–H groups in total. The molecule has 0 saturated heterocycles. The molecule has 0 saturated carbocycles. The van der Waals surface area contributed by atoms with Crippen LogP contribution in [-0.4, -0.2) is 29.0 Å². The Bertz CT molecular complexity index is 1430. The first kappa shape index (κ1) is 24.3. The van der Waals surface area contributed by atoms with E-state index >= 15 is 0 Å². The van der Waals surface area contributed by atoms with Gasteiger partial charge in [-0.1, -0.05) is 30.3 Å². The number of sulfonamides is 2. The fourth-order valence-corrected chi connectivity index (χ4v) is 4.89. The van der Waals surface area contributed by atoms with Crippen molar-refractivity contribution in [3.63, 3.8) is 0 Å². The minimum absolute atomic E-state index is 0.0511. The zero-order chi connectivity index (χ0) is 24.4. The molecule has 0 heterocycles. The summed E-state index contributed by atoms with van der Waals surface area (Å²) >= 11 is 0. The van der Waals surface area contributed by atoms with Crippen LogP contribution in [0.5, 0.6) is 0 Å². The van der Waals surface area contributed by atoms with Gasteiger partial charge in [0.1, 0.15) is 0 Å². The lowest BCUT2D eigenvalue weighted by Gasteiger charge is -2.14. The summed E-state index contributed by atoms with van der Waals surface area (Å²) in [6, 6.07) is 16.1. The monoisotopic (exact) mass is 487 g/mol. The second-order valence-electron chi connectivity index (χ2n) is 7.76. The van der Waals surface area contributed by atoms with Crippen LogP contribution in [0.2, 0.25) is 0 Å². The molecular formula is C23H25N3O5S2. The molecule has 1 amide bonds. The lowest BCUT2D eigenvalue weighted by atomic mass is 10.1. The van der Waals surface area contributed by atoms with E-state index in [0.717, 1.165) is 11.8 Å². The summed E-state index contributed by atoms with van der Waals surface area (Å²) in [5.74, 6) is -0.519. The quantitative estimate of drug-likeness (QED) is 0.464. The number of anilines is 3. The van der Waals surface area contributed by atoms with Gasteiger partial charge in [-0.25, -0.2) is 16.8 Å². The highest BCUT2D eigenvalue weighted by molar-refractivity contribution is 7.92. The van der Waals surface area contributed by atoms with Gasteiger partial charge in [-0.3, -0.25) is 14.2 Å². The number of carbonyl (C=O) groups excluding carboxylic acids is 1. The largest absolute Gasteiger partial charge is 0.322 e. The molecule has 0 fully saturated rings. The average Bonchev–Trinajstić information content (AvgIpc) is 2.71. The zero-order valence-corrected chi connectivity index (χ0v) is 20.3. The van der Waals surface area contributed by atoms with E-state index in [1.165, 1.54) is 18.2 Å². The summed E-state index contributed by atoms with van der Waals surface area (Å²) in [4.78, 5) is 12.9. The molecule has 0 unspecified atom stereocenters. The maximum atomic E-state index is 12.9. The second kappa shape index (κ2) is 9.24. The third-order valence-electron chi connectivity index (χ3n) is 4.94. The number of hydrogen-bond acceptors (Lipinski definition) is 5. The van der Waals surface area contributed by atoms with Crippen LogP contribution in [-0.2, 0) is 20.0 Å². The topological polar surface area (TPSA) is 121 Å². The van der Waals surface area contributed by atoms with Crippen molar-refractivity contribution < 1.29 is 21.6 Å². The highest BCUT2D eigenvalue weighted by Gasteiger charge is 2.19. The molecule has 0 aliphatic rings. The van der Waals surface area contributed by atoms with E-state index in [-0.39, 0.29) is 10.5 Å². The molecule has 0 spiro atoms. The van der Waals surface area contributed by atoms with Crippen LogP contribution in [0.4, 0.5) is 17.1 Å². The van der Waals surface area contributed by atoms with Crippen molar-refractivity contribution in [3.8, 4) is 0 Å². The Kier molecular flexibility index (Phi) is 6.80. The third-order valence-corrected chi connectivity index (χ3v) is 6.90. The van der Waals surface area contributed by atoms with Crippen molar-refractivity contribution in [2.24, 2.45) is 0 Å². The molecule has 0 bridgehead atoms. The summed E-state index contributed by atoms with van der Waals surface area (Å²) < 4.78 is 53.9. The van der Waals surface area contributed by atoms with E-state index in [1.807, 2.05) is 6.07 Å². The maximum absolute atomic E-state index is 12.9. The molecular weight excluding hydrogens is 462 g/mol. The van der Waals surface area contributed by atoms with E-state index < -0.39 is 26.0 Å². The van der Waals surface area contributed by atoms with Crippen LogP contribution in [0.25, 0.3) is 0 Å². The Labute approximate surface area is 194 Å². The minimum Gasteiger partial charge on any atom is -0.322 e. The van der Waals surface area contributed by atoms with Crippen molar-refractivity contribution in [1.29, 1.82) is 0 Å². The molecule has 0 atom stereocenters. The van der Waals surface area contributed by atoms with E-state index in [4.69, 9.17) is 0 Å². The molecule has 0 aliphatic carbocycles. The number of benzene rings is 3. The Morgan fingerprint density at radius 2 is 1.36 bits per heavy atom. The maximum Gasteiger partial charge on any atom is 0.261 e. The number of amides is 1. The van der Waals surface area contributed by atoms with Crippen LogP contribution in [0.3, 0.4) is 0 Å².